The van der Waals surface area contributed by atoms with Crippen LogP contribution in [0.4, 0.5) is 0 Å². The highest BCUT2D eigenvalue weighted by Crippen LogP contribution is 2.61. The summed E-state index contributed by atoms with van der Waals surface area (Å²) in [5, 5.41) is 10.2. The van der Waals surface area contributed by atoms with Gasteiger partial charge in [0.2, 0.25) is 0 Å². The van der Waals surface area contributed by atoms with Crippen LogP contribution in [0.15, 0.2) is 24.5 Å². The maximum absolute atomic E-state index is 12.6. The molecule has 1 rings (SSSR count). The number of hydrogen-bond acceptors (Lipinski definition) is 5. The second-order valence-electron chi connectivity index (χ2n) is 4.50. The molecule has 5 nitrogen and oxygen atoms in total. The van der Waals surface area contributed by atoms with Gasteiger partial charge in [-0.05, 0) is 45.4 Å². The molecule has 0 spiro atoms. The lowest BCUT2D eigenvalue weighted by molar-refractivity contribution is 0.101. The first kappa shape index (κ1) is 15.3. The van der Waals surface area contributed by atoms with E-state index < -0.39 is 13.4 Å². The number of aromatic nitrogens is 1. The zero-order valence-electron chi connectivity index (χ0n) is 11.1. The summed E-state index contributed by atoms with van der Waals surface area (Å²) in [4.78, 5) is 3.85. The molecule has 0 saturated carbocycles. The third-order valence-corrected chi connectivity index (χ3v) is 4.35. The number of pyridine rings is 1. The Kier molecular flexibility index (Phi) is 5.47. The second-order valence-corrected chi connectivity index (χ2v) is 6.49. The molecule has 0 aliphatic heterocycles. The molecule has 0 aliphatic rings. The van der Waals surface area contributed by atoms with Gasteiger partial charge in [-0.15, -0.1) is 0 Å². The van der Waals surface area contributed by atoms with Crippen molar-refractivity contribution in [2.45, 2.75) is 45.7 Å². The van der Waals surface area contributed by atoms with Gasteiger partial charge in [-0.1, -0.05) is 0 Å². The zero-order valence-corrected chi connectivity index (χ0v) is 12.0. The molecule has 0 amide bonds. The molecule has 1 atom stereocenters. The lowest BCUT2D eigenvalue weighted by atomic mass is 10.3. The third kappa shape index (κ3) is 4.18. The standard InChI is InChI=1S/C12H20NO4P/c1-9(2)16-18(15,17-10(3)4)12(14)11-5-7-13-8-6-11/h5-10,12,14H,1-4H3. The first-order valence-electron chi connectivity index (χ1n) is 5.89. The highest BCUT2D eigenvalue weighted by atomic mass is 31.2. The molecule has 0 radical (unpaired) electrons. The molecule has 18 heavy (non-hydrogen) atoms. The first-order valence-corrected chi connectivity index (χ1v) is 7.51. The van der Waals surface area contributed by atoms with Gasteiger partial charge >= 0.3 is 7.60 Å². The van der Waals surface area contributed by atoms with Crippen molar-refractivity contribution in [2.75, 3.05) is 0 Å². The van der Waals surface area contributed by atoms with Crippen molar-refractivity contribution in [1.29, 1.82) is 0 Å². The molecule has 1 unspecified atom stereocenters. The third-order valence-electron chi connectivity index (χ3n) is 2.02. The Morgan fingerprint density at radius 3 is 1.94 bits per heavy atom. The van der Waals surface area contributed by atoms with E-state index in [0.29, 0.717) is 5.56 Å². The van der Waals surface area contributed by atoms with Crippen LogP contribution in [0.5, 0.6) is 0 Å². The fourth-order valence-corrected chi connectivity index (χ4v) is 3.44. The molecule has 102 valence electrons. The number of aliphatic hydroxyl groups excluding tert-OH is 1. The Hall–Kier alpha value is -0.740. The van der Waals surface area contributed by atoms with Crippen molar-refractivity contribution in [3.8, 4) is 0 Å². The lowest BCUT2D eigenvalue weighted by Gasteiger charge is -2.26. The van der Waals surface area contributed by atoms with Gasteiger partial charge in [0.05, 0.1) is 12.2 Å². The van der Waals surface area contributed by atoms with E-state index in [1.54, 1.807) is 39.8 Å². The SMILES string of the molecule is CC(C)OP(=O)(OC(C)C)C(O)c1ccncc1. The lowest BCUT2D eigenvalue weighted by Crippen LogP contribution is -2.13. The smallest absolute Gasteiger partial charge is 0.363 e. The minimum Gasteiger partial charge on any atom is -0.376 e. The monoisotopic (exact) mass is 273 g/mol. The Morgan fingerprint density at radius 2 is 1.56 bits per heavy atom. The molecule has 0 saturated heterocycles. The highest BCUT2D eigenvalue weighted by Gasteiger charge is 2.37. The molecule has 1 aromatic rings. The van der Waals surface area contributed by atoms with E-state index in [0.717, 1.165) is 0 Å². The van der Waals surface area contributed by atoms with Crippen LogP contribution in [0.1, 0.15) is 39.1 Å². The average molecular weight is 273 g/mol. The predicted octanol–water partition coefficient (Wildman–Crippen LogP) is 3.12. The summed E-state index contributed by atoms with van der Waals surface area (Å²) < 4.78 is 23.3. The van der Waals surface area contributed by atoms with Gasteiger partial charge in [0, 0.05) is 12.4 Å². The van der Waals surface area contributed by atoms with Crippen LogP contribution in [-0.2, 0) is 13.6 Å². The van der Waals surface area contributed by atoms with Crippen LogP contribution in [-0.4, -0.2) is 22.3 Å². The van der Waals surface area contributed by atoms with Crippen molar-refractivity contribution in [2.24, 2.45) is 0 Å². The van der Waals surface area contributed by atoms with Crippen LogP contribution >= 0.6 is 7.60 Å². The molecule has 0 bridgehead atoms. The van der Waals surface area contributed by atoms with Crippen molar-refractivity contribution < 1.29 is 18.7 Å². The van der Waals surface area contributed by atoms with Crippen molar-refractivity contribution in [3.05, 3.63) is 30.1 Å². The molecular weight excluding hydrogens is 253 g/mol. The Morgan fingerprint density at radius 1 is 1.11 bits per heavy atom. The van der Waals surface area contributed by atoms with Gasteiger partial charge in [-0.25, -0.2) is 0 Å². The Balaban J connectivity index is 2.99. The summed E-state index contributed by atoms with van der Waals surface area (Å²) in [6.07, 6.45) is 2.44. The Labute approximate surface area is 108 Å². The molecule has 0 fully saturated rings. The number of rotatable bonds is 6. The normalized spacial score (nSPS) is 14.2. The predicted molar refractivity (Wildman–Crippen MR) is 69.2 cm³/mol. The maximum atomic E-state index is 12.6. The summed E-state index contributed by atoms with van der Waals surface area (Å²) in [5.74, 6) is -1.30. The van der Waals surface area contributed by atoms with Crippen molar-refractivity contribution in [3.63, 3.8) is 0 Å². The van der Waals surface area contributed by atoms with E-state index in [1.807, 2.05) is 0 Å². The maximum Gasteiger partial charge on any atom is 0.363 e. The van der Waals surface area contributed by atoms with Crippen LogP contribution in [0.25, 0.3) is 0 Å². The molecule has 1 aromatic heterocycles. The van der Waals surface area contributed by atoms with Crippen molar-refractivity contribution >= 4 is 7.60 Å². The summed E-state index contributed by atoms with van der Waals surface area (Å²) >= 11 is 0. The van der Waals surface area contributed by atoms with Gasteiger partial charge in [0.15, 0.2) is 5.85 Å². The number of nitrogens with zero attached hydrogens (tertiary/aromatic N) is 1. The largest absolute Gasteiger partial charge is 0.376 e. The summed E-state index contributed by atoms with van der Waals surface area (Å²) in [5.41, 5.74) is 0.467. The topological polar surface area (TPSA) is 68.7 Å². The molecule has 0 aromatic carbocycles. The summed E-state index contributed by atoms with van der Waals surface area (Å²) in [7, 11) is -3.62. The fourth-order valence-electron chi connectivity index (χ4n) is 1.45. The summed E-state index contributed by atoms with van der Waals surface area (Å²) in [6.45, 7) is 6.98. The van der Waals surface area contributed by atoms with Gasteiger partial charge in [-0.2, -0.15) is 0 Å². The van der Waals surface area contributed by atoms with E-state index in [-0.39, 0.29) is 12.2 Å². The molecule has 6 heteroatoms. The van der Waals surface area contributed by atoms with Crippen LogP contribution < -0.4 is 0 Å². The van der Waals surface area contributed by atoms with Crippen LogP contribution in [0.3, 0.4) is 0 Å². The minimum atomic E-state index is -3.62. The van der Waals surface area contributed by atoms with E-state index >= 15 is 0 Å². The number of hydrogen-bond donors (Lipinski definition) is 1. The van der Waals surface area contributed by atoms with E-state index in [9.17, 15) is 9.67 Å². The van der Waals surface area contributed by atoms with Crippen molar-refractivity contribution in [1.82, 2.24) is 4.98 Å². The minimum absolute atomic E-state index is 0.300. The van der Waals surface area contributed by atoms with Crippen LogP contribution in [0.2, 0.25) is 0 Å². The number of aliphatic hydroxyl groups is 1. The molecule has 1 N–H and O–H groups in total. The first-order chi connectivity index (χ1) is 8.35. The van der Waals surface area contributed by atoms with Gasteiger partial charge in [-0.3, -0.25) is 9.55 Å². The van der Waals surface area contributed by atoms with E-state index in [4.69, 9.17) is 9.05 Å². The van der Waals surface area contributed by atoms with Crippen LogP contribution in [0, 0.1) is 0 Å². The fraction of sp³-hybridized carbons (Fsp3) is 0.583. The zero-order chi connectivity index (χ0) is 13.8. The molecule has 1 heterocycles. The van der Waals surface area contributed by atoms with Gasteiger partial charge in [0.1, 0.15) is 0 Å². The van der Waals surface area contributed by atoms with Gasteiger partial charge < -0.3 is 14.2 Å². The van der Waals surface area contributed by atoms with Gasteiger partial charge in [0.25, 0.3) is 0 Å². The second kappa shape index (κ2) is 6.43. The van der Waals surface area contributed by atoms with E-state index in [2.05, 4.69) is 4.98 Å². The highest BCUT2D eigenvalue weighted by molar-refractivity contribution is 7.54. The quantitative estimate of drug-likeness (QED) is 0.806. The summed E-state index contributed by atoms with van der Waals surface area (Å²) in [6, 6.07) is 3.18. The molecular formula is C12H20NO4P. The average Bonchev–Trinajstić information content (AvgIpc) is 2.27. The van der Waals surface area contributed by atoms with E-state index in [1.165, 1.54) is 12.4 Å². The molecule has 0 aliphatic carbocycles. The Bertz CT molecular complexity index is 394.